The number of hydrogen-bond donors (Lipinski definition) is 1. The Morgan fingerprint density at radius 3 is 2.58 bits per heavy atom. The second-order valence-corrected chi connectivity index (χ2v) is 8.46. The first kappa shape index (κ1) is 21.0. The van der Waals surface area contributed by atoms with E-state index in [2.05, 4.69) is 4.99 Å². The Morgan fingerprint density at radius 1 is 1.26 bits per heavy atom. The van der Waals surface area contributed by atoms with Crippen molar-refractivity contribution in [3.05, 3.63) is 64.1 Å². The molecule has 2 aliphatic rings. The van der Waals surface area contributed by atoms with Gasteiger partial charge in [-0.1, -0.05) is 12.1 Å². The minimum absolute atomic E-state index is 0.0466. The number of fused-ring (bicyclic) bond motifs is 1. The van der Waals surface area contributed by atoms with Crippen LogP contribution in [0.2, 0.25) is 0 Å². The summed E-state index contributed by atoms with van der Waals surface area (Å²) < 4.78 is 8.07. The molecule has 31 heavy (non-hydrogen) atoms. The van der Waals surface area contributed by atoms with Gasteiger partial charge in [0.15, 0.2) is 0 Å². The molecule has 7 heteroatoms. The number of ether oxygens (including phenoxy) is 1. The van der Waals surface area contributed by atoms with E-state index in [1.807, 2.05) is 38.1 Å². The Morgan fingerprint density at radius 2 is 1.97 bits per heavy atom. The van der Waals surface area contributed by atoms with Crippen molar-refractivity contribution in [2.45, 2.75) is 38.3 Å². The van der Waals surface area contributed by atoms with Gasteiger partial charge in [0.2, 0.25) is 0 Å². The van der Waals surface area contributed by atoms with Crippen LogP contribution in [-0.2, 0) is 0 Å². The highest BCUT2D eigenvalue weighted by atomic mass is 16.5. The number of nitrogens with zero attached hydrogens (tertiary/aromatic N) is 3. The molecule has 1 aromatic carbocycles. The highest BCUT2D eigenvalue weighted by Crippen LogP contribution is 2.42. The van der Waals surface area contributed by atoms with Crippen molar-refractivity contribution in [2.75, 3.05) is 20.1 Å². The maximum Gasteiger partial charge on any atom is 0.254 e. The molecule has 3 heterocycles. The average Bonchev–Trinajstić information content (AvgIpc) is 2.77. The molecule has 0 aliphatic carbocycles. The summed E-state index contributed by atoms with van der Waals surface area (Å²) in [6.45, 7) is 4.86. The van der Waals surface area contributed by atoms with Crippen LogP contribution >= 0.6 is 0 Å². The smallest absolute Gasteiger partial charge is 0.254 e. The molecule has 0 saturated carbocycles. The molecule has 1 aromatic heterocycles. The fourth-order valence-electron chi connectivity index (χ4n) is 4.69. The zero-order chi connectivity index (χ0) is 22.2. The lowest BCUT2D eigenvalue weighted by Crippen LogP contribution is -2.58. The summed E-state index contributed by atoms with van der Waals surface area (Å²) in [4.78, 5) is 31.6. The number of benzene rings is 1. The Hall–Kier alpha value is -3.22. The number of hydrogen-bond acceptors (Lipinski definition) is 5. The average molecular weight is 421 g/mol. The third-order valence-corrected chi connectivity index (χ3v) is 6.39. The molecule has 1 atom stereocenters. The zero-order valence-electron chi connectivity index (χ0n) is 18.2. The molecule has 1 spiro atoms. The third kappa shape index (κ3) is 3.58. The lowest BCUT2D eigenvalue weighted by molar-refractivity contribution is -0.00862. The van der Waals surface area contributed by atoms with E-state index in [4.69, 9.17) is 10.1 Å². The first-order valence-electron chi connectivity index (χ1n) is 10.7. The molecule has 7 nitrogen and oxygen atoms in total. The zero-order valence-corrected chi connectivity index (χ0v) is 18.2. The number of amides is 1. The van der Waals surface area contributed by atoms with Crippen LogP contribution in [0.25, 0.3) is 0 Å². The first-order valence-corrected chi connectivity index (χ1v) is 10.7. The summed E-state index contributed by atoms with van der Waals surface area (Å²) in [5, 5.41) is 8.08. The molecule has 1 saturated heterocycles. The van der Waals surface area contributed by atoms with Gasteiger partial charge in [-0.2, -0.15) is 0 Å². The van der Waals surface area contributed by atoms with Crippen LogP contribution in [0.15, 0.2) is 52.4 Å². The molecular weight excluding hydrogens is 392 g/mol. The second kappa shape index (κ2) is 8.13. The minimum Gasteiger partial charge on any atom is -0.485 e. The number of rotatable bonds is 3. The van der Waals surface area contributed by atoms with Gasteiger partial charge < -0.3 is 19.6 Å². The Bertz CT molecular complexity index is 1090. The van der Waals surface area contributed by atoms with Crippen LogP contribution in [0.5, 0.6) is 5.75 Å². The number of carbonyl (C=O) groups is 1. The molecule has 1 fully saturated rings. The van der Waals surface area contributed by atoms with E-state index in [0.29, 0.717) is 31.5 Å². The van der Waals surface area contributed by atoms with Gasteiger partial charge in [-0.05, 0) is 32.0 Å². The number of para-hydroxylation sites is 1. The first-order chi connectivity index (χ1) is 14.9. The van der Waals surface area contributed by atoms with Gasteiger partial charge in [0.25, 0.3) is 11.5 Å². The van der Waals surface area contributed by atoms with Gasteiger partial charge in [0.1, 0.15) is 11.4 Å². The predicted octanol–water partition coefficient (Wildman–Crippen LogP) is 3.18. The number of carbonyl (C=O) groups excluding carboxylic acids is 1. The number of piperidine rings is 1. The quantitative estimate of drug-likeness (QED) is 0.774. The Balaban J connectivity index is 1.56. The van der Waals surface area contributed by atoms with Crippen LogP contribution in [0.3, 0.4) is 0 Å². The molecule has 1 N–H and O–H groups in total. The maximum atomic E-state index is 13.0. The highest BCUT2D eigenvalue weighted by molar-refractivity contribution is 6.12. The van der Waals surface area contributed by atoms with E-state index in [1.54, 1.807) is 28.8 Å². The predicted molar refractivity (Wildman–Crippen MR) is 121 cm³/mol. The summed E-state index contributed by atoms with van der Waals surface area (Å²) in [7, 11) is 1.75. The third-order valence-electron chi connectivity index (χ3n) is 6.39. The number of aromatic nitrogens is 1. The van der Waals surface area contributed by atoms with Crippen LogP contribution in [0.4, 0.5) is 0 Å². The molecule has 1 amide bonds. The van der Waals surface area contributed by atoms with Crippen molar-refractivity contribution in [1.29, 1.82) is 5.41 Å². The van der Waals surface area contributed by atoms with Crippen molar-refractivity contribution in [1.82, 2.24) is 9.47 Å². The van der Waals surface area contributed by atoms with Gasteiger partial charge in [0, 0.05) is 68.6 Å². The van der Waals surface area contributed by atoms with Gasteiger partial charge in [-0.25, -0.2) is 0 Å². The van der Waals surface area contributed by atoms with E-state index >= 15 is 0 Å². The summed E-state index contributed by atoms with van der Waals surface area (Å²) >= 11 is 0. The largest absolute Gasteiger partial charge is 0.485 e. The molecule has 4 rings (SSSR count). The lowest BCUT2D eigenvalue weighted by atomic mass is 9.73. The van der Waals surface area contributed by atoms with Crippen molar-refractivity contribution in [2.24, 2.45) is 10.9 Å². The molecule has 1 unspecified atom stereocenters. The summed E-state index contributed by atoms with van der Waals surface area (Å²) in [6.07, 6.45) is 4.29. The highest BCUT2D eigenvalue weighted by Gasteiger charge is 2.49. The second-order valence-electron chi connectivity index (χ2n) is 8.46. The van der Waals surface area contributed by atoms with Crippen molar-refractivity contribution in [3.8, 4) is 5.75 Å². The number of aliphatic imine (C=N–C) groups is 1. The fourth-order valence-corrected chi connectivity index (χ4v) is 4.69. The van der Waals surface area contributed by atoms with Gasteiger partial charge in [0.05, 0.1) is 11.6 Å². The fraction of sp³-hybridized carbons (Fsp3) is 0.417. The molecule has 2 aromatic rings. The van der Waals surface area contributed by atoms with Crippen LogP contribution in [0, 0.1) is 11.3 Å². The number of nitrogens with one attached hydrogen (secondary N) is 1. The monoisotopic (exact) mass is 420 g/mol. The Kier molecular flexibility index (Phi) is 5.52. The normalized spacial score (nSPS) is 21.1. The summed E-state index contributed by atoms with van der Waals surface area (Å²) in [5.74, 6) is 0.368. The lowest BCUT2D eigenvalue weighted by Gasteiger charge is -2.48. The molecule has 0 radical (unpaired) electrons. The van der Waals surface area contributed by atoms with Gasteiger partial charge in [-0.3, -0.25) is 14.6 Å². The molecule has 162 valence electrons. The minimum atomic E-state index is -0.594. The van der Waals surface area contributed by atoms with E-state index in [9.17, 15) is 9.59 Å². The van der Waals surface area contributed by atoms with E-state index in [-0.39, 0.29) is 23.4 Å². The van der Waals surface area contributed by atoms with Crippen LogP contribution in [-0.4, -0.2) is 53.0 Å². The van der Waals surface area contributed by atoms with Gasteiger partial charge in [-0.15, -0.1) is 0 Å². The molecule has 0 bridgehead atoms. The SMILES string of the molecule is CN=C1c2ccccc2OC2(CCN(C(=O)c3ccn(C(C)C)c(=O)c3)CC2)C1C=N. The van der Waals surface area contributed by atoms with Gasteiger partial charge >= 0.3 is 0 Å². The summed E-state index contributed by atoms with van der Waals surface area (Å²) in [5.41, 5.74) is 1.42. The van der Waals surface area contributed by atoms with Crippen molar-refractivity contribution < 1.29 is 9.53 Å². The number of pyridine rings is 1. The molecule has 2 aliphatic heterocycles. The summed E-state index contributed by atoms with van der Waals surface area (Å²) in [6, 6.07) is 11.0. The maximum absolute atomic E-state index is 13.0. The van der Waals surface area contributed by atoms with E-state index in [1.165, 1.54) is 12.3 Å². The van der Waals surface area contributed by atoms with E-state index in [0.717, 1.165) is 17.0 Å². The van der Waals surface area contributed by atoms with Crippen molar-refractivity contribution >= 4 is 17.8 Å². The van der Waals surface area contributed by atoms with Crippen LogP contribution < -0.4 is 10.3 Å². The van der Waals surface area contributed by atoms with Crippen molar-refractivity contribution in [3.63, 3.8) is 0 Å². The van der Waals surface area contributed by atoms with Crippen LogP contribution in [0.1, 0.15) is 48.7 Å². The standard InChI is InChI=1S/C24H28N4O3/c1-16(2)28-11-8-17(14-21(28)29)23(30)27-12-9-24(10-13-27)19(15-25)22(26-3)18-6-4-5-7-20(18)31-24/h4-8,11,14-16,19,25H,9-10,12-13H2,1-3H3. The molecular formula is C24H28N4O3. The Labute approximate surface area is 181 Å². The van der Waals surface area contributed by atoms with E-state index < -0.39 is 5.60 Å². The number of likely N-dealkylation sites (tertiary alicyclic amines) is 1. The topological polar surface area (TPSA) is 87.8 Å².